The first-order chi connectivity index (χ1) is 11.7. The van der Waals surface area contributed by atoms with E-state index in [0.717, 1.165) is 38.7 Å². The van der Waals surface area contributed by atoms with E-state index in [1.807, 2.05) is 6.07 Å². The molecule has 24 heavy (non-hydrogen) atoms. The van der Waals surface area contributed by atoms with Crippen molar-refractivity contribution < 1.29 is 8.98 Å². The van der Waals surface area contributed by atoms with E-state index in [0.29, 0.717) is 0 Å². The molecule has 0 radical (unpaired) electrons. The second kappa shape index (κ2) is 4.71. The smallest absolute Gasteiger partial charge is 0.216 e. The molecular formula is C21H17N2O+. The van der Waals surface area contributed by atoms with Crippen LogP contribution in [0.25, 0.3) is 38.7 Å². The summed E-state index contributed by atoms with van der Waals surface area (Å²) < 4.78 is 10.6. The number of fused-ring (bicyclic) bond motifs is 4. The van der Waals surface area contributed by atoms with E-state index < -0.39 is 0 Å². The van der Waals surface area contributed by atoms with Crippen molar-refractivity contribution in [3.05, 3.63) is 72.7 Å². The Morgan fingerprint density at radius 3 is 2.79 bits per heavy atom. The lowest BCUT2D eigenvalue weighted by atomic mass is 10.0. The Morgan fingerprint density at radius 1 is 1.00 bits per heavy atom. The van der Waals surface area contributed by atoms with Crippen LogP contribution < -0.4 is 4.57 Å². The van der Waals surface area contributed by atoms with Crippen molar-refractivity contribution in [1.82, 2.24) is 4.40 Å². The SMILES string of the molecule is Cc1ccc2c(oc3cc4cccn4cc32)c1-c1cccc[n+]1C. The lowest BCUT2D eigenvalue weighted by Gasteiger charge is -2.04. The number of hydrogen-bond acceptors (Lipinski definition) is 1. The van der Waals surface area contributed by atoms with Gasteiger partial charge in [-0.1, -0.05) is 12.1 Å². The molecule has 0 amide bonds. The van der Waals surface area contributed by atoms with Gasteiger partial charge in [0.2, 0.25) is 5.69 Å². The Bertz CT molecular complexity index is 1230. The summed E-state index contributed by atoms with van der Waals surface area (Å²) in [5.74, 6) is 0. The average Bonchev–Trinajstić information content (AvgIpc) is 3.17. The molecule has 0 aliphatic rings. The molecule has 4 heterocycles. The van der Waals surface area contributed by atoms with Gasteiger partial charge >= 0.3 is 0 Å². The van der Waals surface area contributed by atoms with Crippen molar-refractivity contribution in [3.8, 4) is 11.3 Å². The summed E-state index contributed by atoms with van der Waals surface area (Å²) >= 11 is 0. The highest BCUT2D eigenvalue weighted by atomic mass is 16.3. The third kappa shape index (κ3) is 1.75. The molecule has 0 saturated heterocycles. The maximum Gasteiger partial charge on any atom is 0.216 e. The van der Waals surface area contributed by atoms with Crippen molar-refractivity contribution in [1.29, 1.82) is 0 Å². The van der Waals surface area contributed by atoms with Gasteiger partial charge in [-0.2, -0.15) is 0 Å². The summed E-state index contributed by atoms with van der Waals surface area (Å²) in [6.45, 7) is 2.14. The molecule has 0 bridgehead atoms. The molecule has 0 N–H and O–H groups in total. The van der Waals surface area contributed by atoms with E-state index in [2.05, 4.69) is 84.0 Å². The minimum Gasteiger partial charge on any atom is -0.455 e. The fourth-order valence-corrected chi connectivity index (χ4v) is 3.56. The van der Waals surface area contributed by atoms with Crippen LogP contribution in [0.1, 0.15) is 5.56 Å². The lowest BCUT2D eigenvalue weighted by molar-refractivity contribution is -0.660. The number of furan rings is 1. The Morgan fingerprint density at radius 2 is 1.92 bits per heavy atom. The van der Waals surface area contributed by atoms with Crippen LogP contribution in [-0.4, -0.2) is 4.40 Å². The molecule has 0 spiro atoms. The van der Waals surface area contributed by atoms with Crippen molar-refractivity contribution >= 4 is 27.5 Å². The predicted octanol–water partition coefficient (Wildman–Crippen LogP) is 4.64. The number of nitrogens with zero attached hydrogens (tertiary/aromatic N) is 2. The standard InChI is InChI=1S/C21H17N2O/c1-14-8-9-16-17-13-23-11-5-6-15(23)12-19(17)24-21(16)20(14)18-7-3-4-10-22(18)2/h3-13H,1-2H3/q+1. The zero-order valence-corrected chi connectivity index (χ0v) is 13.7. The Balaban J connectivity index is 1.95. The molecule has 3 heteroatoms. The van der Waals surface area contributed by atoms with Crippen molar-refractivity contribution in [3.63, 3.8) is 0 Å². The fourth-order valence-electron chi connectivity index (χ4n) is 3.56. The molecule has 1 aromatic carbocycles. The zero-order chi connectivity index (χ0) is 16.3. The van der Waals surface area contributed by atoms with Crippen LogP contribution in [-0.2, 0) is 7.05 Å². The van der Waals surface area contributed by atoms with Gasteiger partial charge in [-0.05, 0) is 30.7 Å². The van der Waals surface area contributed by atoms with E-state index in [-0.39, 0.29) is 0 Å². The third-order valence-corrected chi connectivity index (χ3v) is 4.80. The molecule has 0 fully saturated rings. The largest absolute Gasteiger partial charge is 0.455 e. The molecule has 116 valence electrons. The first-order valence-corrected chi connectivity index (χ1v) is 8.10. The molecule has 0 unspecified atom stereocenters. The molecular weight excluding hydrogens is 296 g/mol. The monoisotopic (exact) mass is 313 g/mol. The van der Waals surface area contributed by atoms with Gasteiger partial charge < -0.3 is 8.82 Å². The van der Waals surface area contributed by atoms with Crippen LogP contribution in [0.15, 0.2) is 71.5 Å². The number of aromatic nitrogens is 2. The summed E-state index contributed by atoms with van der Waals surface area (Å²) in [4.78, 5) is 0. The summed E-state index contributed by atoms with van der Waals surface area (Å²) in [6, 6.07) is 16.9. The lowest BCUT2D eigenvalue weighted by Crippen LogP contribution is -2.30. The summed E-state index contributed by atoms with van der Waals surface area (Å²) in [5, 5.41) is 2.30. The topological polar surface area (TPSA) is 21.4 Å². The fraction of sp³-hybridized carbons (Fsp3) is 0.0952. The van der Waals surface area contributed by atoms with Crippen molar-refractivity contribution in [2.24, 2.45) is 7.05 Å². The van der Waals surface area contributed by atoms with Gasteiger partial charge in [0.1, 0.15) is 18.2 Å². The van der Waals surface area contributed by atoms with E-state index in [1.54, 1.807) is 0 Å². The predicted molar refractivity (Wildman–Crippen MR) is 96.0 cm³/mol. The Kier molecular flexibility index (Phi) is 2.63. The minimum absolute atomic E-state index is 0.932. The van der Waals surface area contributed by atoms with Gasteiger partial charge in [0.15, 0.2) is 6.20 Å². The number of aryl methyl sites for hydroxylation is 2. The summed E-state index contributed by atoms with van der Waals surface area (Å²) in [5.41, 5.74) is 6.57. The second-order valence-corrected chi connectivity index (χ2v) is 6.32. The molecule has 4 aromatic heterocycles. The van der Waals surface area contributed by atoms with Crippen LogP contribution in [0, 0.1) is 6.92 Å². The Hall–Kier alpha value is -3.07. The van der Waals surface area contributed by atoms with Gasteiger partial charge in [0, 0.05) is 46.9 Å². The highest BCUT2D eigenvalue weighted by molar-refractivity contribution is 6.10. The van der Waals surface area contributed by atoms with Crippen LogP contribution in [0.3, 0.4) is 0 Å². The van der Waals surface area contributed by atoms with Gasteiger partial charge in [0.05, 0.1) is 5.56 Å². The summed E-state index contributed by atoms with van der Waals surface area (Å²) in [6.07, 6.45) is 6.29. The summed E-state index contributed by atoms with van der Waals surface area (Å²) in [7, 11) is 2.07. The molecule has 5 rings (SSSR count). The number of rotatable bonds is 1. The number of benzene rings is 1. The first-order valence-electron chi connectivity index (χ1n) is 8.10. The van der Waals surface area contributed by atoms with E-state index in [9.17, 15) is 0 Å². The van der Waals surface area contributed by atoms with Crippen LogP contribution >= 0.6 is 0 Å². The van der Waals surface area contributed by atoms with Crippen LogP contribution in [0.5, 0.6) is 0 Å². The minimum atomic E-state index is 0.932. The maximum absolute atomic E-state index is 6.32. The maximum atomic E-state index is 6.32. The number of hydrogen-bond donors (Lipinski definition) is 0. The molecule has 0 atom stereocenters. The first kappa shape index (κ1) is 13.4. The molecule has 5 aromatic rings. The van der Waals surface area contributed by atoms with E-state index >= 15 is 0 Å². The highest BCUT2D eigenvalue weighted by Crippen LogP contribution is 2.37. The number of pyridine rings is 2. The highest BCUT2D eigenvalue weighted by Gasteiger charge is 2.20. The van der Waals surface area contributed by atoms with Gasteiger partial charge in [-0.15, -0.1) is 0 Å². The second-order valence-electron chi connectivity index (χ2n) is 6.32. The molecule has 3 nitrogen and oxygen atoms in total. The van der Waals surface area contributed by atoms with Crippen molar-refractivity contribution in [2.45, 2.75) is 6.92 Å². The average molecular weight is 313 g/mol. The van der Waals surface area contributed by atoms with E-state index in [1.165, 1.54) is 5.56 Å². The quantitative estimate of drug-likeness (QED) is 0.413. The normalized spacial score (nSPS) is 11.8. The molecule has 0 saturated carbocycles. The molecule has 0 aliphatic heterocycles. The van der Waals surface area contributed by atoms with Crippen molar-refractivity contribution in [2.75, 3.05) is 0 Å². The molecule has 0 aliphatic carbocycles. The van der Waals surface area contributed by atoms with Gasteiger partial charge in [0.25, 0.3) is 0 Å². The van der Waals surface area contributed by atoms with Crippen LogP contribution in [0.2, 0.25) is 0 Å². The zero-order valence-electron chi connectivity index (χ0n) is 13.7. The van der Waals surface area contributed by atoms with Crippen LogP contribution in [0.4, 0.5) is 0 Å². The van der Waals surface area contributed by atoms with Gasteiger partial charge in [-0.3, -0.25) is 0 Å². The third-order valence-electron chi connectivity index (χ3n) is 4.80. The van der Waals surface area contributed by atoms with E-state index in [4.69, 9.17) is 4.42 Å². The van der Waals surface area contributed by atoms with Gasteiger partial charge in [-0.25, -0.2) is 4.57 Å². The Labute approximate surface area is 139 Å².